The highest BCUT2D eigenvalue weighted by atomic mass is 35.5. The summed E-state index contributed by atoms with van der Waals surface area (Å²) in [5, 5.41) is 3.30. The number of piperazine rings is 1. The molecule has 2 nitrogen and oxygen atoms in total. The summed E-state index contributed by atoms with van der Waals surface area (Å²) in [6.07, 6.45) is 1.77. The van der Waals surface area contributed by atoms with Crippen molar-refractivity contribution in [2.75, 3.05) is 26.2 Å². The molecule has 0 spiro atoms. The summed E-state index contributed by atoms with van der Waals surface area (Å²) in [4.78, 5) is 2.22. The van der Waals surface area contributed by atoms with E-state index < -0.39 is 5.82 Å². The molecule has 134 valence electrons. The van der Waals surface area contributed by atoms with Gasteiger partial charge in [-0.05, 0) is 37.3 Å². The predicted molar refractivity (Wildman–Crippen MR) is 96.8 cm³/mol. The van der Waals surface area contributed by atoms with E-state index in [-0.39, 0.29) is 42.2 Å². The summed E-state index contributed by atoms with van der Waals surface area (Å²) in [5.41, 5.74) is 0.786. The Labute approximate surface area is 150 Å². The van der Waals surface area contributed by atoms with Gasteiger partial charge in [0.2, 0.25) is 0 Å². The molecular formula is C17H28Cl2F2N2. The second-order valence-electron chi connectivity index (χ2n) is 6.36. The molecule has 0 aromatic heterocycles. The largest absolute Gasteiger partial charge is 0.314 e. The molecule has 0 aliphatic carbocycles. The van der Waals surface area contributed by atoms with Crippen molar-refractivity contribution in [2.24, 2.45) is 5.92 Å². The van der Waals surface area contributed by atoms with Gasteiger partial charge in [0.05, 0.1) is 0 Å². The average Bonchev–Trinajstić information content (AvgIpc) is 2.47. The van der Waals surface area contributed by atoms with Crippen LogP contribution >= 0.6 is 24.8 Å². The van der Waals surface area contributed by atoms with Crippen LogP contribution in [0.3, 0.4) is 0 Å². The molecule has 23 heavy (non-hydrogen) atoms. The molecule has 6 heteroatoms. The molecule has 1 heterocycles. The summed E-state index contributed by atoms with van der Waals surface area (Å²) < 4.78 is 28.8. The highest BCUT2D eigenvalue weighted by Crippen LogP contribution is 2.32. The normalized spacial score (nSPS) is 16.6. The minimum Gasteiger partial charge on any atom is -0.314 e. The lowest BCUT2D eigenvalue weighted by Crippen LogP contribution is -2.45. The maximum Gasteiger partial charge on any atom is 0.133 e. The quantitative estimate of drug-likeness (QED) is 0.822. The van der Waals surface area contributed by atoms with Gasteiger partial charge in [0.1, 0.15) is 11.6 Å². The lowest BCUT2D eigenvalue weighted by Gasteiger charge is -2.36. The number of nitrogens with one attached hydrogen (secondary N) is 1. The third kappa shape index (κ3) is 5.86. The van der Waals surface area contributed by atoms with Crippen LogP contribution in [-0.4, -0.2) is 31.1 Å². The Bertz CT molecular complexity index is 478. The first kappa shape index (κ1) is 22.6. The summed E-state index contributed by atoms with van der Waals surface area (Å²) in [7, 11) is 0. The van der Waals surface area contributed by atoms with E-state index in [1.165, 1.54) is 12.1 Å². The lowest BCUT2D eigenvalue weighted by atomic mass is 9.93. The van der Waals surface area contributed by atoms with Crippen molar-refractivity contribution in [3.63, 3.8) is 0 Å². The molecule has 1 aliphatic heterocycles. The molecule has 1 N–H and O–H groups in total. The third-order valence-electron chi connectivity index (χ3n) is 4.26. The van der Waals surface area contributed by atoms with Crippen LogP contribution in [0.1, 0.15) is 43.9 Å². The van der Waals surface area contributed by atoms with Gasteiger partial charge in [0, 0.05) is 37.8 Å². The van der Waals surface area contributed by atoms with Gasteiger partial charge in [0.25, 0.3) is 0 Å². The highest BCUT2D eigenvalue weighted by molar-refractivity contribution is 5.85. The fraction of sp³-hybridized carbons (Fsp3) is 0.647. The zero-order valence-corrected chi connectivity index (χ0v) is 15.7. The molecular weight excluding hydrogens is 341 g/mol. The van der Waals surface area contributed by atoms with E-state index in [9.17, 15) is 8.78 Å². The molecule has 1 saturated heterocycles. The van der Waals surface area contributed by atoms with Crippen molar-refractivity contribution in [2.45, 2.75) is 39.7 Å². The van der Waals surface area contributed by atoms with Crippen molar-refractivity contribution in [3.05, 3.63) is 34.9 Å². The molecule has 2 rings (SSSR count). The molecule has 1 aliphatic rings. The van der Waals surface area contributed by atoms with E-state index in [2.05, 4.69) is 24.1 Å². The van der Waals surface area contributed by atoms with Crippen LogP contribution in [0.25, 0.3) is 0 Å². The fourth-order valence-corrected chi connectivity index (χ4v) is 2.98. The number of rotatable bonds is 5. The van der Waals surface area contributed by atoms with Crippen LogP contribution < -0.4 is 5.32 Å². The Balaban J connectivity index is 0.00000242. The van der Waals surface area contributed by atoms with E-state index in [0.717, 1.165) is 39.0 Å². The number of hydrogen-bond donors (Lipinski definition) is 1. The zero-order valence-electron chi connectivity index (χ0n) is 14.1. The number of halogens is 4. The molecule has 1 atom stereocenters. The third-order valence-corrected chi connectivity index (χ3v) is 4.26. The summed E-state index contributed by atoms with van der Waals surface area (Å²) in [6, 6.07) is 2.76. The van der Waals surface area contributed by atoms with Gasteiger partial charge in [-0.3, -0.25) is 4.90 Å². The predicted octanol–water partition coefficient (Wildman–Crippen LogP) is 4.50. The maximum absolute atomic E-state index is 14.5. The minimum atomic E-state index is -0.412. The maximum atomic E-state index is 14.5. The molecule has 0 radical (unpaired) electrons. The molecule has 1 aromatic rings. The van der Waals surface area contributed by atoms with Crippen LogP contribution in [0.15, 0.2) is 12.1 Å². The van der Waals surface area contributed by atoms with E-state index in [4.69, 9.17) is 0 Å². The molecule has 1 aromatic carbocycles. The number of benzene rings is 1. The lowest BCUT2D eigenvalue weighted by molar-refractivity contribution is 0.153. The van der Waals surface area contributed by atoms with Gasteiger partial charge in [-0.15, -0.1) is 24.8 Å². The topological polar surface area (TPSA) is 15.3 Å². The van der Waals surface area contributed by atoms with Gasteiger partial charge in [-0.25, -0.2) is 8.78 Å². The SMILES string of the molecule is Cc1ccc(F)c([C@@H](CCC(C)C)N2CCNCC2)c1F.Cl.Cl. The van der Waals surface area contributed by atoms with Crippen LogP contribution in [-0.2, 0) is 0 Å². The van der Waals surface area contributed by atoms with Crippen LogP contribution in [0, 0.1) is 24.5 Å². The van der Waals surface area contributed by atoms with E-state index in [1.54, 1.807) is 6.92 Å². The zero-order chi connectivity index (χ0) is 15.4. The highest BCUT2D eigenvalue weighted by Gasteiger charge is 2.28. The minimum absolute atomic E-state index is 0. The van der Waals surface area contributed by atoms with E-state index in [0.29, 0.717) is 11.5 Å². The second-order valence-corrected chi connectivity index (χ2v) is 6.36. The number of nitrogens with zero attached hydrogens (tertiary/aromatic N) is 1. The molecule has 0 saturated carbocycles. The average molecular weight is 369 g/mol. The Morgan fingerprint density at radius 2 is 1.70 bits per heavy atom. The monoisotopic (exact) mass is 368 g/mol. The van der Waals surface area contributed by atoms with Crippen molar-refractivity contribution in [1.29, 1.82) is 0 Å². The summed E-state index contributed by atoms with van der Waals surface area (Å²) >= 11 is 0. The van der Waals surface area contributed by atoms with Crippen molar-refractivity contribution >= 4 is 24.8 Å². The van der Waals surface area contributed by atoms with Crippen molar-refractivity contribution in [3.8, 4) is 0 Å². The van der Waals surface area contributed by atoms with Crippen LogP contribution in [0.5, 0.6) is 0 Å². The Morgan fingerprint density at radius 1 is 1.09 bits per heavy atom. The molecule has 0 bridgehead atoms. The molecule has 0 unspecified atom stereocenters. The van der Waals surface area contributed by atoms with E-state index >= 15 is 0 Å². The van der Waals surface area contributed by atoms with Gasteiger partial charge in [-0.1, -0.05) is 19.9 Å². The Kier molecular flexibility index (Phi) is 10.3. The Hall–Kier alpha value is -0.420. The molecule has 1 fully saturated rings. The van der Waals surface area contributed by atoms with Crippen molar-refractivity contribution < 1.29 is 8.78 Å². The standard InChI is InChI=1S/C17H26F2N2.2ClH/c1-12(2)4-7-15(21-10-8-20-9-11-21)16-14(18)6-5-13(3)17(16)19;;/h5-6,12,15,20H,4,7-11H2,1-3H3;2*1H/t15-;;/m1../s1. The van der Waals surface area contributed by atoms with Crippen LogP contribution in [0.4, 0.5) is 8.78 Å². The molecule has 0 amide bonds. The first-order valence-corrected chi connectivity index (χ1v) is 7.90. The Morgan fingerprint density at radius 3 is 2.26 bits per heavy atom. The van der Waals surface area contributed by atoms with Gasteiger partial charge < -0.3 is 5.32 Å². The van der Waals surface area contributed by atoms with E-state index in [1.807, 2.05) is 0 Å². The second kappa shape index (κ2) is 10.4. The van der Waals surface area contributed by atoms with Crippen LogP contribution in [0.2, 0.25) is 0 Å². The summed E-state index contributed by atoms with van der Waals surface area (Å²) in [6.45, 7) is 9.46. The first-order valence-electron chi connectivity index (χ1n) is 7.90. The van der Waals surface area contributed by atoms with Gasteiger partial charge in [0.15, 0.2) is 0 Å². The fourth-order valence-electron chi connectivity index (χ4n) is 2.98. The number of aryl methyl sites for hydroxylation is 1. The van der Waals surface area contributed by atoms with Gasteiger partial charge in [-0.2, -0.15) is 0 Å². The van der Waals surface area contributed by atoms with Crippen molar-refractivity contribution in [1.82, 2.24) is 10.2 Å². The summed E-state index contributed by atoms with van der Waals surface area (Å²) in [5.74, 6) is -0.251. The number of hydrogen-bond acceptors (Lipinski definition) is 2. The first-order chi connectivity index (χ1) is 10.0. The smallest absolute Gasteiger partial charge is 0.133 e. The van der Waals surface area contributed by atoms with Gasteiger partial charge >= 0.3 is 0 Å².